The Kier molecular flexibility index (Phi) is 6.36. The molecule has 0 bridgehead atoms. The molecule has 1 aliphatic heterocycles. The van der Waals surface area contributed by atoms with Crippen molar-refractivity contribution in [3.8, 4) is 0 Å². The smallest absolute Gasteiger partial charge is 0.410 e. The lowest BCUT2D eigenvalue weighted by atomic mass is 10.2. The summed E-state index contributed by atoms with van der Waals surface area (Å²) in [5.41, 5.74) is 1.97. The molecule has 1 aromatic heterocycles. The minimum Gasteiger partial charge on any atom is -0.445 e. The van der Waals surface area contributed by atoms with Gasteiger partial charge in [-0.1, -0.05) is 36.4 Å². The van der Waals surface area contributed by atoms with Crippen LogP contribution in [0.2, 0.25) is 0 Å². The molecule has 6 nitrogen and oxygen atoms in total. The number of amides is 1. The largest absolute Gasteiger partial charge is 0.445 e. The molecule has 0 saturated carbocycles. The number of aromatic nitrogens is 1. The van der Waals surface area contributed by atoms with E-state index in [2.05, 4.69) is 10.3 Å². The van der Waals surface area contributed by atoms with Crippen LogP contribution in [-0.2, 0) is 22.6 Å². The number of carbonyl (C=O) groups is 1. The van der Waals surface area contributed by atoms with Crippen molar-refractivity contribution >= 4 is 6.09 Å². The van der Waals surface area contributed by atoms with Gasteiger partial charge in [0.25, 0.3) is 0 Å². The zero-order valence-corrected chi connectivity index (χ0v) is 14.1. The van der Waals surface area contributed by atoms with Gasteiger partial charge in [0.15, 0.2) is 0 Å². The molecule has 3 rings (SSSR count). The normalized spacial score (nSPS) is 17.3. The third-order valence-electron chi connectivity index (χ3n) is 4.01. The van der Waals surface area contributed by atoms with Gasteiger partial charge in [0, 0.05) is 25.8 Å². The summed E-state index contributed by atoms with van der Waals surface area (Å²) < 4.78 is 11.1. The SMILES string of the molecule is O=C(OCc1ccccc1)N1CCOC(CNCc2ccccn2)C1. The topological polar surface area (TPSA) is 63.7 Å². The van der Waals surface area contributed by atoms with E-state index in [1.54, 1.807) is 11.1 Å². The van der Waals surface area contributed by atoms with E-state index in [0.717, 1.165) is 11.3 Å². The van der Waals surface area contributed by atoms with Crippen molar-refractivity contribution in [1.82, 2.24) is 15.2 Å². The fourth-order valence-electron chi connectivity index (χ4n) is 2.68. The zero-order chi connectivity index (χ0) is 17.3. The first-order valence-electron chi connectivity index (χ1n) is 8.49. The Morgan fingerprint density at radius 3 is 2.88 bits per heavy atom. The summed E-state index contributed by atoms with van der Waals surface area (Å²) in [5, 5.41) is 3.32. The van der Waals surface area contributed by atoms with Crippen LogP contribution >= 0.6 is 0 Å². The van der Waals surface area contributed by atoms with Crippen molar-refractivity contribution in [2.24, 2.45) is 0 Å². The van der Waals surface area contributed by atoms with Gasteiger partial charge in [0.05, 0.1) is 24.9 Å². The van der Waals surface area contributed by atoms with Crippen LogP contribution < -0.4 is 5.32 Å². The molecule has 0 aliphatic carbocycles. The molecule has 6 heteroatoms. The molecule has 1 N–H and O–H groups in total. The Hall–Kier alpha value is -2.44. The lowest BCUT2D eigenvalue weighted by molar-refractivity contribution is -0.0271. The van der Waals surface area contributed by atoms with Gasteiger partial charge in [-0.2, -0.15) is 0 Å². The maximum absolute atomic E-state index is 12.2. The Morgan fingerprint density at radius 1 is 1.24 bits per heavy atom. The fraction of sp³-hybridized carbons (Fsp3) is 0.368. The van der Waals surface area contributed by atoms with Gasteiger partial charge in [-0.25, -0.2) is 4.79 Å². The predicted molar refractivity (Wildman–Crippen MR) is 93.9 cm³/mol. The first kappa shape index (κ1) is 17.4. The van der Waals surface area contributed by atoms with E-state index in [9.17, 15) is 4.79 Å². The number of nitrogens with one attached hydrogen (secondary N) is 1. The van der Waals surface area contributed by atoms with Crippen molar-refractivity contribution < 1.29 is 14.3 Å². The van der Waals surface area contributed by atoms with Gasteiger partial charge in [-0.15, -0.1) is 0 Å². The van der Waals surface area contributed by atoms with E-state index >= 15 is 0 Å². The van der Waals surface area contributed by atoms with Gasteiger partial charge in [0.1, 0.15) is 6.61 Å². The van der Waals surface area contributed by atoms with E-state index in [4.69, 9.17) is 9.47 Å². The van der Waals surface area contributed by atoms with E-state index in [1.165, 1.54) is 0 Å². The van der Waals surface area contributed by atoms with Crippen LogP contribution in [0.15, 0.2) is 54.7 Å². The predicted octanol–water partition coefficient (Wildman–Crippen LogP) is 2.21. The molecule has 1 unspecified atom stereocenters. The lowest BCUT2D eigenvalue weighted by Crippen LogP contribution is -2.49. The highest BCUT2D eigenvalue weighted by atomic mass is 16.6. The molecule has 2 heterocycles. The van der Waals surface area contributed by atoms with E-state index < -0.39 is 0 Å². The van der Waals surface area contributed by atoms with E-state index in [1.807, 2.05) is 48.5 Å². The molecule has 1 aliphatic rings. The summed E-state index contributed by atoms with van der Waals surface area (Å²) in [4.78, 5) is 18.2. The lowest BCUT2D eigenvalue weighted by Gasteiger charge is -2.32. The number of rotatable bonds is 6. The number of carbonyl (C=O) groups excluding carboxylic acids is 1. The summed E-state index contributed by atoms with van der Waals surface area (Å²) in [6.45, 7) is 3.25. The van der Waals surface area contributed by atoms with Gasteiger partial charge in [-0.3, -0.25) is 4.98 Å². The maximum Gasteiger partial charge on any atom is 0.410 e. The molecule has 2 aromatic rings. The Labute approximate surface area is 147 Å². The second-order valence-electron chi connectivity index (χ2n) is 5.93. The van der Waals surface area contributed by atoms with E-state index in [0.29, 0.717) is 39.4 Å². The first-order valence-corrected chi connectivity index (χ1v) is 8.49. The average molecular weight is 341 g/mol. The summed E-state index contributed by atoms with van der Waals surface area (Å²) in [6, 6.07) is 15.5. The molecule has 1 atom stereocenters. The van der Waals surface area contributed by atoms with Crippen LogP contribution in [0.1, 0.15) is 11.3 Å². The van der Waals surface area contributed by atoms with Crippen molar-refractivity contribution in [2.75, 3.05) is 26.2 Å². The highest BCUT2D eigenvalue weighted by Crippen LogP contribution is 2.09. The molecule has 1 amide bonds. The quantitative estimate of drug-likeness (QED) is 0.873. The molecule has 0 spiro atoms. The summed E-state index contributed by atoms with van der Waals surface area (Å²) in [5.74, 6) is 0. The van der Waals surface area contributed by atoms with Crippen molar-refractivity contribution in [3.05, 3.63) is 66.0 Å². The van der Waals surface area contributed by atoms with Crippen molar-refractivity contribution in [3.63, 3.8) is 0 Å². The number of pyridine rings is 1. The van der Waals surface area contributed by atoms with Crippen molar-refractivity contribution in [1.29, 1.82) is 0 Å². The number of ether oxygens (including phenoxy) is 2. The molecular weight excluding hydrogens is 318 g/mol. The molecule has 132 valence electrons. The summed E-state index contributed by atoms with van der Waals surface area (Å²) in [7, 11) is 0. The minimum absolute atomic E-state index is 0.0401. The van der Waals surface area contributed by atoms with Gasteiger partial charge in [-0.05, 0) is 17.7 Å². The van der Waals surface area contributed by atoms with Gasteiger partial charge >= 0.3 is 6.09 Å². The Balaban J connectivity index is 1.40. The van der Waals surface area contributed by atoms with Gasteiger partial charge in [0.2, 0.25) is 0 Å². The Morgan fingerprint density at radius 2 is 2.08 bits per heavy atom. The van der Waals surface area contributed by atoms with Crippen LogP contribution in [0.25, 0.3) is 0 Å². The standard InChI is InChI=1S/C19H23N3O3/c23-19(25-15-16-6-2-1-3-7-16)22-10-11-24-18(14-22)13-20-12-17-8-4-5-9-21-17/h1-9,18,20H,10-15H2. The number of hydrogen-bond acceptors (Lipinski definition) is 5. The zero-order valence-electron chi connectivity index (χ0n) is 14.1. The maximum atomic E-state index is 12.2. The number of benzene rings is 1. The molecule has 1 fully saturated rings. The Bertz CT molecular complexity index is 651. The number of hydrogen-bond donors (Lipinski definition) is 1. The van der Waals surface area contributed by atoms with Crippen LogP contribution in [-0.4, -0.2) is 48.3 Å². The number of nitrogens with zero attached hydrogens (tertiary/aromatic N) is 2. The van der Waals surface area contributed by atoms with Crippen LogP contribution in [0.5, 0.6) is 0 Å². The molecule has 0 radical (unpaired) electrons. The summed E-state index contributed by atoms with van der Waals surface area (Å²) >= 11 is 0. The van der Waals surface area contributed by atoms with Gasteiger partial charge < -0.3 is 19.7 Å². The van der Waals surface area contributed by atoms with Crippen LogP contribution in [0, 0.1) is 0 Å². The van der Waals surface area contributed by atoms with Crippen LogP contribution in [0.3, 0.4) is 0 Å². The highest BCUT2D eigenvalue weighted by Gasteiger charge is 2.25. The second-order valence-corrected chi connectivity index (χ2v) is 5.93. The molecule has 1 aromatic carbocycles. The first-order chi connectivity index (χ1) is 12.3. The van der Waals surface area contributed by atoms with Crippen molar-refractivity contribution in [2.45, 2.75) is 19.3 Å². The monoisotopic (exact) mass is 341 g/mol. The third kappa shape index (κ3) is 5.55. The second kappa shape index (κ2) is 9.15. The van der Waals surface area contributed by atoms with Crippen LogP contribution in [0.4, 0.5) is 4.79 Å². The highest BCUT2D eigenvalue weighted by molar-refractivity contribution is 5.67. The van der Waals surface area contributed by atoms with E-state index in [-0.39, 0.29) is 12.2 Å². The average Bonchev–Trinajstić information content (AvgIpc) is 2.68. The molecular formula is C19H23N3O3. The third-order valence-corrected chi connectivity index (χ3v) is 4.01. The fourth-order valence-corrected chi connectivity index (χ4v) is 2.68. The molecule has 1 saturated heterocycles. The number of morpholine rings is 1. The molecule has 25 heavy (non-hydrogen) atoms. The minimum atomic E-state index is -0.290. The summed E-state index contributed by atoms with van der Waals surface area (Å²) in [6.07, 6.45) is 1.45.